The summed E-state index contributed by atoms with van der Waals surface area (Å²) in [6.45, 7) is 13.7. The summed E-state index contributed by atoms with van der Waals surface area (Å²) in [5.41, 5.74) is -0.563. The van der Waals surface area contributed by atoms with Gasteiger partial charge in [-0.25, -0.2) is 4.79 Å². The maximum absolute atomic E-state index is 13.9. The van der Waals surface area contributed by atoms with Crippen molar-refractivity contribution in [3.63, 3.8) is 0 Å². The molecule has 3 aromatic rings. The number of carbonyl (C=O) groups excluding carboxylic acids is 4. The van der Waals surface area contributed by atoms with Crippen LogP contribution >= 0.6 is 0 Å². The molecule has 0 fully saturated rings. The van der Waals surface area contributed by atoms with Crippen LogP contribution in [0, 0.1) is 17.8 Å². The van der Waals surface area contributed by atoms with Crippen molar-refractivity contribution in [2.24, 2.45) is 17.8 Å². The molecule has 0 aliphatic rings. The molecule has 0 aliphatic carbocycles. The second-order valence-electron chi connectivity index (χ2n) is 14.9. The highest BCUT2D eigenvalue weighted by atomic mass is 16.5. The van der Waals surface area contributed by atoms with Gasteiger partial charge < -0.3 is 36.2 Å². The monoisotopic (exact) mass is 732 g/mol. The van der Waals surface area contributed by atoms with Crippen LogP contribution in [0.2, 0.25) is 0 Å². The summed E-state index contributed by atoms with van der Waals surface area (Å²) in [6.07, 6.45) is -1.17. The highest BCUT2D eigenvalue weighted by Crippen LogP contribution is 2.25. The number of hydrogen-bond acceptors (Lipinski definition) is 7. The number of benzene rings is 3. The lowest BCUT2D eigenvalue weighted by atomic mass is 9.95. The van der Waals surface area contributed by atoms with Gasteiger partial charge in [0.25, 0.3) is 5.91 Å². The molecule has 12 heteroatoms. The highest BCUT2D eigenvalue weighted by Gasteiger charge is 2.37. The number of amides is 4. The summed E-state index contributed by atoms with van der Waals surface area (Å²) in [6, 6.07) is 18.3. The Bertz CT molecular complexity index is 1710. The Balaban J connectivity index is 1.76. The van der Waals surface area contributed by atoms with E-state index in [2.05, 4.69) is 21.3 Å². The van der Waals surface area contributed by atoms with Gasteiger partial charge in [-0.3, -0.25) is 19.2 Å². The molecule has 6 atom stereocenters. The summed E-state index contributed by atoms with van der Waals surface area (Å²) < 4.78 is 6.11. The molecular weight excluding hydrogens is 676 g/mol. The number of carboxylic acid groups (broad SMARTS) is 1. The van der Waals surface area contributed by atoms with Gasteiger partial charge >= 0.3 is 5.97 Å². The first-order valence-corrected chi connectivity index (χ1v) is 18.3. The first-order chi connectivity index (χ1) is 24.9. The van der Waals surface area contributed by atoms with Gasteiger partial charge in [-0.1, -0.05) is 109 Å². The second kappa shape index (κ2) is 19.2. The zero-order valence-electron chi connectivity index (χ0n) is 32.0. The third kappa shape index (κ3) is 12.3. The Kier molecular flexibility index (Phi) is 15.4. The fourth-order valence-corrected chi connectivity index (χ4v) is 5.87. The van der Waals surface area contributed by atoms with Gasteiger partial charge in [-0.05, 0) is 66.5 Å². The lowest BCUT2D eigenvalue weighted by molar-refractivity contribution is -0.143. The van der Waals surface area contributed by atoms with Gasteiger partial charge in [0.15, 0.2) is 5.60 Å². The summed E-state index contributed by atoms with van der Waals surface area (Å²) in [7, 11) is 0. The number of carboxylic acids is 1. The lowest BCUT2D eigenvalue weighted by Crippen LogP contribution is -2.59. The number of rotatable bonds is 19. The van der Waals surface area contributed by atoms with E-state index in [0.717, 1.165) is 16.3 Å². The SMILES string of the molecule is CCC(C)C(NC(=O)CC(O)C(Cc1ccccc1)NC(=O)C(NC(=O)C(C)(C)Oc1ccc2ccccc2c1)C(C)C)C(=O)NC(C(=O)O)C(C)C. The zero-order valence-corrected chi connectivity index (χ0v) is 32.0. The van der Waals surface area contributed by atoms with Crippen LogP contribution in [-0.4, -0.2) is 75.7 Å². The largest absolute Gasteiger partial charge is 0.480 e. The molecule has 0 aromatic heterocycles. The summed E-state index contributed by atoms with van der Waals surface area (Å²) in [5, 5.41) is 33.9. The number of aliphatic carboxylic acids is 1. The van der Waals surface area contributed by atoms with E-state index in [1.165, 1.54) is 0 Å². The molecule has 0 radical (unpaired) electrons. The van der Waals surface area contributed by atoms with Crippen molar-refractivity contribution in [2.45, 2.75) is 111 Å². The predicted octanol–water partition coefficient (Wildman–Crippen LogP) is 4.37. The smallest absolute Gasteiger partial charge is 0.326 e. The van der Waals surface area contributed by atoms with Crippen molar-refractivity contribution >= 4 is 40.4 Å². The fourth-order valence-electron chi connectivity index (χ4n) is 5.87. The molecule has 0 spiro atoms. The average molecular weight is 733 g/mol. The Hall–Kier alpha value is -4.97. The van der Waals surface area contributed by atoms with E-state index in [0.29, 0.717) is 12.2 Å². The van der Waals surface area contributed by atoms with E-state index < -0.39 is 77.8 Å². The van der Waals surface area contributed by atoms with E-state index >= 15 is 0 Å². The number of ether oxygens (including phenoxy) is 1. The molecule has 53 heavy (non-hydrogen) atoms. The molecule has 288 valence electrons. The van der Waals surface area contributed by atoms with Gasteiger partial charge in [-0.2, -0.15) is 0 Å². The number of carbonyl (C=O) groups is 5. The summed E-state index contributed by atoms with van der Waals surface area (Å²) >= 11 is 0. The van der Waals surface area contributed by atoms with Crippen LogP contribution in [-0.2, 0) is 30.4 Å². The maximum Gasteiger partial charge on any atom is 0.326 e. The van der Waals surface area contributed by atoms with Gasteiger partial charge in [0.2, 0.25) is 17.7 Å². The van der Waals surface area contributed by atoms with Crippen LogP contribution in [0.15, 0.2) is 72.8 Å². The van der Waals surface area contributed by atoms with Crippen molar-refractivity contribution < 1.29 is 38.9 Å². The fraction of sp³-hybridized carbons (Fsp3) is 0.488. The topological polar surface area (TPSA) is 183 Å². The summed E-state index contributed by atoms with van der Waals surface area (Å²) in [5.74, 6) is -4.15. The van der Waals surface area contributed by atoms with Crippen molar-refractivity contribution in [3.05, 3.63) is 78.4 Å². The first kappa shape index (κ1) is 42.4. The normalized spacial score (nSPS) is 15.1. The Morgan fingerprint density at radius 2 is 1.30 bits per heavy atom. The van der Waals surface area contributed by atoms with Crippen LogP contribution in [0.1, 0.15) is 73.8 Å². The van der Waals surface area contributed by atoms with Crippen LogP contribution in [0.3, 0.4) is 0 Å². The van der Waals surface area contributed by atoms with E-state index in [1.807, 2.05) is 73.7 Å². The van der Waals surface area contributed by atoms with Gasteiger partial charge in [0, 0.05) is 0 Å². The number of nitrogens with one attached hydrogen (secondary N) is 4. The van der Waals surface area contributed by atoms with Gasteiger partial charge in [0.1, 0.15) is 23.9 Å². The van der Waals surface area contributed by atoms with Gasteiger partial charge in [0.05, 0.1) is 18.6 Å². The molecule has 4 amide bonds. The number of aliphatic hydroxyl groups excluding tert-OH is 1. The molecule has 0 saturated heterocycles. The number of fused-ring (bicyclic) bond motifs is 1. The Morgan fingerprint density at radius 1 is 0.717 bits per heavy atom. The lowest BCUT2D eigenvalue weighted by Gasteiger charge is -2.32. The Labute approximate surface area is 312 Å². The van der Waals surface area contributed by atoms with Crippen molar-refractivity contribution in [1.82, 2.24) is 21.3 Å². The predicted molar refractivity (Wildman–Crippen MR) is 204 cm³/mol. The summed E-state index contributed by atoms with van der Waals surface area (Å²) in [4.78, 5) is 65.8. The van der Waals surface area contributed by atoms with E-state index in [9.17, 15) is 34.2 Å². The molecule has 3 aromatic carbocycles. The molecule has 6 unspecified atom stereocenters. The van der Waals surface area contributed by atoms with E-state index in [1.54, 1.807) is 54.5 Å². The molecule has 0 bridgehead atoms. The minimum absolute atomic E-state index is 0.167. The molecule has 0 aliphatic heterocycles. The molecule has 6 N–H and O–H groups in total. The molecule has 12 nitrogen and oxygen atoms in total. The third-order valence-corrected chi connectivity index (χ3v) is 9.40. The van der Waals surface area contributed by atoms with Crippen LogP contribution in [0.4, 0.5) is 0 Å². The Morgan fingerprint density at radius 3 is 1.89 bits per heavy atom. The van der Waals surface area contributed by atoms with E-state index in [-0.39, 0.29) is 18.3 Å². The first-order valence-electron chi connectivity index (χ1n) is 18.3. The van der Waals surface area contributed by atoms with E-state index in [4.69, 9.17) is 4.74 Å². The molecule has 0 saturated carbocycles. The minimum Gasteiger partial charge on any atom is -0.480 e. The zero-order chi connectivity index (χ0) is 39.5. The minimum atomic E-state index is -1.39. The quantitative estimate of drug-likeness (QED) is 0.105. The van der Waals surface area contributed by atoms with Crippen molar-refractivity contribution in [2.75, 3.05) is 0 Å². The van der Waals surface area contributed by atoms with Gasteiger partial charge in [-0.15, -0.1) is 0 Å². The van der Waals surface area contributed by atoms with Crippen LogP contribution in [0.5, 0.6) is 5.75 Å². The number of aliphatic hydroxyl groups is 1. The van der Waals surface area contributed by atoms with Crippen molar-refractivity contribution in [3.8, 4) is 5.75 Å². The maximum atomic E-state index is 13.9. The van der Waals surface area contributed by atoms with Crippen LogP contribution in [0.25, 0.3) is 10.8 Å². The second-order valence-corrected chi connectivity index (χ2v) is 14.9. The molecular formula is C41H56N4O8. The van der Waals surface area contributed by atoms with Crippen molar-refractivity contribution in [1.29, 1.82) is 0 Å². The molecule has 0 heterocycles. The standard InChI is InChI=1S/C41H56N4O8/c1-9-26(6)36(38(49)44-35(25(4)5)39(50)51)43-33(47)23-32(46)31(21-27-15-11-10-12-16-27)42-37(48)34(24(2)3)45-40(52)41(7,8)53-30-20-19-28-17-13-14-18-29(28)22-30/h10-20,22,24-26,31-32,34-36,46H,9,21,23H2,1-8H3,(H,42,48)(H,43,47)(H,44,49)(H,45,52)(H,50,51). The third-order valence-electron chi connectivity index (χ3n) is 9.40. The number of hydrogen-bond donors (Lipinski definition) is 6. The van der Waals surface area contributed by atoms with Crippen LogP contribution < -0.4 is 26.0 Å². The average Bonchev–Trinajstić information content (AvgIpc) is 3.10. The molecule has 3 rings (SSSR count). The highest BCUT2D eigenvalue weighted by molar-refractivity contribution is 5.92.